The van der Waals surface area contributed by atoms with E-state index in [0.29, 0.717) is 17.0 Å². The molecule has 0 amide bonds. The Morgan fingerprint density at radius 2 is 1.93 bits per heavy atom. The molecule has 0 aliphatic carbocycles. The summed E-state index contributed by atoms with van der Waals surface area (Å²) in [6.45, 7) is 1.69. The second-order valence-electron chi connectivity index (χ2n) is 6.79. The Balaban J connectivity index is 1.66. The van der Waals surface area contributed by atoms with Crippen LogP contribution >= 0.6 is 0 Å². The Hall–Kier alpha value is -2.59. The number of ether oxygens (including phenoxy) is 1. The summed E-state index contributed by atoms with van der Waals surface area (Å²) in [5.41, 5.74) is 2.14. The lowest BCUT2D eigenvalue weighted by molar-refractivity contribution is -0.0511. The number of aliphatic hydroxyl groups excluding tert-OH is 3. The molecule has 2 aromatic heterocycles. The van der Waals surface area contributed by atoms with Gasteiger partial charge < -0.3 is 25.4 Å². The summed E-state index contributed by atoms with van der Waals surface area (Å²) in [4.78, 5) is 13.0. The molecular weight excluding hydrogens is 362 g/mol. The molecule has 148 valence electrons. The number of nitrogens with one attached hydrogen (secondary N) is 1. The van der Waals surface area contributed by atoms with Gasteiger partial charge in [0.25, 0.3) is 0 Å². The predicted molar refractivity (Wildman–Crippen MR) is 101 cm³/mol. The highest BCUT2D eigenvalue weighted by Gasteiger charge is 2.44. The van der Waals surface area contributed by atoms with Crippen molar-refractivity contribution in [1.29, 1.82) is 0 Å². The molecule has 0 spiro atoms. The quantitative estimate of drug-likeness (QED) is 0.495. The van der Waals surface area contributed by atoms with E-state index in [1.165, 1.54) is 12.7 Å². The van der Waals surface area contributed by atoms with Crippen LogP contribution in [0.25, 0.3) is 11.2 Å². The number of benzene rings is 1. The second kappa shape index (κ2) is 7.80. The van der Waals surface area contributed by atoms with E-state index in [4.69, 9.17) is 4.74 Å². The third-order valence-corrected chi connectivity index (χ3v) is 5.07. The van der Waals surface area contributed by atoms with Crippen molar-refractivity contribution in [3.8, 4) is 0 Å². The minimum atomic E-state index is -1.20. The zero-order valence-electron chi connectivity index (χ0n) is 15.4. The lowest BCUT2D eigenvalue weighted by Crippen LogP contribution is -2.33. The Morgan fingerprint density at radius 3 is 2.61 bits per heavy atom. The third-order valence-electron chi connectivity index (χ3n) is 5.07. The van der Waals surface area contributed by atoms with E-state index >= 15 is 0 Å². The number of aromatic nitrogens is 4. The van der Waals surface area contributed by atoms with Crippen molar-refractivity contribution in [2.45, 2.75) is 43.9 Å². The zero-order chi connectivity index (χ0) is 19.7. The first kappa shape index (κ1) is 18.8. The molecule has 4 rings (SSSR count). The molecule has 1 saturated heterocycles. The van der Waals surface area contributed by atoms with Crippen molar-refractivity contribution < 1.29 is 20.1 Å². The van der Waals surface area contributed by atoms with Gasteiger partial charge in [-0.3, -0.25) is 4.57 Å². The van der Waals surface area contributed by atoms with Crippen molar-refractivity contribution in [2.24, 2.45) is 0 Å². The fourth-order valence-corrected chi connectivity index (χ4v) is 3.53. The monoisotopic (exact) mass is 385 g/mol. The van der Waals surface area contributed by atoms with E-state index in [1.54, 1.807) is 4.57 Å². The average Bonchev–Trinajstić information content (AvgIpc) is 3.28. The summed E-state index contributed by atoms with van der Waals surface area (Å²) in [5.74, 6) is 0.575. The maximum atomic E-state index is 10.3. The molecule has 0 radical (unpaired) electrons. The molecule has 3 aromatic rings. The van der Waals surface area contributed by atoms with Gasteiger partial charge in [-0.2, -0.15) is 0 Å². The molecule has 1 aliphatic heterocycles. The first-order valence-corrected chi connectivity index (χ1v) is 9.25. The van der Waals surface area contributed by atoms with Crippen LogP contribution in [0.15, 0.2) is 43.0 Å². The number of fused-ring (bicyclic) bond motifs is 1. The molecule has 4 N–H and O–H groups in total. The summed E-state index contributed by atoms with van der Waals surface area (Å²) in [6.07, 6.45) is -0.375. The topological polar surface area (TPSA) is 126 Å². The molecule has 28 heavy (non-hydrogen) atoms. The van der Waals surface area contributed by atoms with Crippen LogP contribution in [0.1, 0.15) is 31.2 Å². The van der Waals surface area contributed by atoms with Crippen molar-refractivity contribution in [1.82, 2.24) is 19.5 Å². The largest absolute Gasteiger partial charge is 0.394 e. The molecule has 9 heteroatoms. The number of aliphatic hydroxyl groups is 3. The minimum absolute atomic E-state index is 0.0540. The SMILES string of the molecule is CCC(Nc1ncnc2c1ncn2[C@H]1O[C@H](CO)[C@@H](O)[C@H]1O)c1ccccc1. The average molecular weight is 385 g/mol. The van der Waals surface area contributed by atoms with Crippen LogP contribution in [0.3, 0.4) is 0 Å². The molecule has 1 fully saturated rings. The number of hydrogen-bond donors (Lipinski definition) is 4. The summed E-state index contributed by atoms with van der Waals surface area (Å²) in [6, 6.07) is 10.1. The Bertz CT molecular complexity index is 934. The molecule has 1 unspecified atom stereocenters. The Morgan fingerprint density at radius 1 is 1.14 bits per heavy atom. The maximum Gasteiger partial charge on any atom is 0.167 e. The molecule has 5 atom stereocenters. The maximum absolute atomic E-state index is 10.3. The van der Waals surface area contributed by atoms with E-state index in [2.05, 4.69) is 39.3 Å². The lowest BCUT2D eigenvalue weighted by Gasteiger charge is -2.19. The van der Waals surface area contributed by atoms with Crippen LogP contribution in [0.4, 0.5) is 5.82 Å². The first-order chi connectivity index (χ1) is 13.6. The number of hydrogen-bond acceptors (Lipinski definition) is 8. The highest BCUT2D eigenvalue weighted by molar-refractivity contribution is 5.83. The van der Waals surface area contributed by atoms with Gasteiger partial charge >= 0.3 is 0 Å². The highest BCUT2D eigenvalue weighted by atomic mass is 16.6. The van der Waals surface area contributed by atoms with Crippen molar-refractivity contribution in [3.05, 3.63) is 48.5 Å². The molecular formula is C19H23N5O4. The van der Waals surface area contributed by atoms with Crippen molar-refractivity contribution in [2.75, 3.05) is 11.9 Å². The van der Waals surface area contributed by atoms with Gasteiger partial charge in [0.1, 0.15) is 24.6 Å². The van der Waals surface area contributed by atoms with E-state index in [9.17, 15) is 15.3 Å². The Kier molecular flexibility index (Phi) is 5.23. The van der Waals surface area contributed by atoms with Gasteiger partial charge in [-0.1, -0.05) is 37.3 Å². The first-order valence-electron chi connectivity index (χ1n) is 9.25. The fourth-order valence-electron chi connectivity index (χ4n) is 3.53. The molecule has 1 aromatic carbocycles. The molecule has 0 saturated carbocycles. The van der Waals surface area contributed by atoms with Gasteiger partial charge in [0, 0.05) is 0 Å². The molecule has 1 aliphatic rings. The third kappa shape index (κ3) is 3.22. The molecule has 0 bridgehead atoms. The zero-order valence-corrected chi connectivity index (χ0v) is 15.4. The van der Waals surface area contributed by atoms with Gasteiger partial charge in [-0.05, 0) is 12.0 Å². The van der Waals surface area contributed by atoms with Crippen LogP contribution in [-0.4, -0.2) is 59.8 Å². The number of imidazole rings is 1. The fraction of sp³-hybridized carbons (Fsp3) is 0.421. The van der Waals surface area contributed by atoms with E-state index in [-0.39, 0.29) is 6.04 Å². The highest BCUT2D eigenvalue weighted by Crippen LogP contribution is 2.32. The van der Waals surface area contributed by atoms with Gasteiger partial charge in [-0.25, -0.2) is 15.0 Å². The van der Waals surface area contributed by atoms with Gasteiger partial charge in [-0.15, -0.1) is 0 Å². The Labute approximate surface area is 161 Å². The van der Waals surface area contributed by atoms with Crippen molar-refractivity contribution in [3.63, 3.8) is 0 Å². The number of rotatable bonds is 6. The minimum Gasteiger partial charge on any atom is -0.394 e. The van der Waals surface area contributed by atoms with Gasteiger partial charge in [0.2, 0.25) is 0 Å². The van der Waals surface area contributed by atoms with Gasteiger partial charge in [0.15, 0.2) is 23.2 Å². The summed E-state index contributed by atoms with van der Waals surface area (Å²) >= 11 is 0. The molecule has 9 nitrogen and oxygen atoms in total. The van der Waals surface area contributed by atoms with Gasteiger partial charge in [0.05, 0.1) is 19.0 Å². The number of anilines is 1. The summed E-state index contributed by atoms with van der Waals surface area (Å²) in [5, 5.41) is 33.0. The van der Waals surface area contributed by atoms with E-state index in [0.717, 1.165) is 12.0 Å². The van der Waals surface area contributed by atoms with E-state index in [1.807, 2.05) is 18.2 Å². The molecule has 3 heterocycles. The standard InChI is InChI=1S/C19H23N5O4/c1-2-12(11-6-4-3-5-7-11)23-17-14-18(21-9-20-17)24(10-22-14)19-16(27)15(26)13(8-25)28-19/h3-7,9-10,12-13,15-16,19,25-27H,2,8H2,1H3,(H,20,21,23)/t12?,13-,15-,16-,19+/m1/s1. The predicted octanol–water partition coefficient (Wildman–Crippen LogP) is 1.00. The van der Waals surface area contributed by atoms with Crippen molar-refractivity contribution >= 4 is 17.0 Å². The van der Waals surface area contributed by atoms with Crippen LogP contribution in [0.5, 0.6) is 0 Å². The van der Waals surface area contributed by atoms with Crippen LogP contribution in [0.2, 0.25) is 0 Å². The summed E-state index contributed by atoms with van der Waals surface area (Å²) in [7, 11) is 0. The van der Waals surface area contributed by atoms with Crippen LogP contribution in [-0.2, 0) is 4.74 Å². The van der Waals surface area contributed by atoms with Crippen LogP contribution < -0.4 is 5.32 Å². The summed E-state index contributed by atoms with van der Waals surface area (Å²) < 4.78 is 7.14. The lowest BCUT2D eigenvalue weighted by atomic mass is 10.0. The van der Waals surface area contributed by atoms with E-state index < -0.39 is 31.1 Å². The normalized spacial score (nSPS) is 25.9. The number of nitrogens with zero attached hydrogens (tertiary/aromatic N) is 4. The second-order valence-corrected chi connectivity index (χ2v) is 6.79. The smallest absolute Gasteiger partial charge is 0.167 e. The van der Waals surface area contributed by atoms with Crippen LogP contribution in [0, 0.1) is 0 Å².